The molecular weight excluding hydrogens is 224 g/mol. The van der Waals surface area contributed by atoms with E-state index >= 15 is 0 Å². The zero-order valence-electron chi connectivity index (χ0n) is 10.3. The third-order valence-corrected chi connectivity index (χ3v) is 3.00. The lowest BCUT2D eigenvalue weighted by Gasteiger charge is -2.20. The van der Waals surface area contributed by atoms with Crippen LogP contribution in [0.5, 0.6) is 0 Å². The van der Waals surface area contributed by atoms with Gasteiger partial charge in [-0.15, -0.1) is 12.4 Å². The average Bonchev–Trinajstić information content (AvgIpc) is 2.30. The molecule has 0 saturated heterocycles. The highest BCUT2D eigenvalue weighted by molar-refractivity contribution is 5.85. The molecule has 0 radical (unpaired) electrons. The molecule has 0 spiro atoms. The molecule has 0 atom stereocenters. The molecule has 0 aromatic heterocycles. The number of rotatable bonds is 6. The van der Waals surface area contributed by atoms with Crippen molar-refractivity contribution in [3.8, 4) is 0 Å². The number of amides is 1. The number of hydrogen-bond acceptors (Lipinski definition) is 2. The average molecular weight is 249 g/mol. The fraction of sp³-hybridized carbons (Fsp3) is 0.917. The second-order valence-corrected chi connectivity index (χ2v) is 4.38. The Kier molecular flexibility index (Phi) is 9.74. The van der Waals surface area contributed by atoms with Crippen molar-refractivity contribution in [3.63, 3.8) is 0 Å². The van der Waals surface area contributed by atoms with E-state index in [0.717, 1.165) is 38.9 Å². The van der Waals surface area contributed by atoms with E-state index in [9.17, 15) is 4.79 Å². The smallest absolute Gasteiger partial charge is 0.223 e. The summed E-state index contributed by atoms with van der Waals surface area (Å²) in [6.45, 7) is 4.86. The highest BCUT2D eigenvalue weighted by Gasteiger charge is 2.20. The lowest BCUT2D eigenvalue weighted by atomic mass is 9.89. The minimum absolute atomic E-state index is 0. The Morgan fingerprint density at radius 1 is 1.12 bits per heavy atom. The van der Waals surface area contributed by atoms with E-state index in [0.29, 0.717) is 5.92 Å². The van der Waals surface area contributed by atoms with E-state index in [4.69, 9.17) is 0 Å². The standard InChI is InChI=1S/C12H24N2O.ClH/c1-2-8-13-9-10-14-12(15)11-6-4-3-5-7-11;/h11,13H,2-10H2,1H3,(H,14,15);1H. The number of carbonyl (C=O) groups excluding carboxylic acids is 1. The van der Waals surface area contributed by atoms with Crippen LogP contribution < -0.4 is 10.6 Å². The van der Waals surface area contributed by atoms with Gasteiger partial charge in [0.05, 0.1) is 0 Å². The highest BCUT2D eigenvalue weighted by atomic mass is 35.5. The molecule has 0 heterocycles. The normalized spacial score (nSPS) is 16.6. The van der Waals surface area contributed by atoms with Gasteiger partial charge in [0.15, 0.2) is 0 Å². The van der Waals surface area contributed by atoms with Crippen molar-refractivity contribution in [1.82, 2.24) is 10.6 Å². The van der Waals surface area contributed by atoms with E-state index < -0.39 is 0 Å². The fourth-order valence-corrected chi connectivity index (χ4v) is 2.08. The molecule has 0 aromatic carbocycles. The predicted molar refractivity (Wildman–Crippen MR) is 70.0 cm³/mol. The summed E-state index contributed by atoms with van der Waals surface area (Å²) in [6.07, 6.45) is 7.10. The quantitative estimate of drug-likeness (QED) is 0.707. The number of carbonyl (C=O) groups is 1. The second kappa shape index (κ2) is 9.91. The highest BCUT2D eigenvalue weighted by Crippen LogP contribution is 2.23. The lowest BCUT2D eigenvalue weighted by Crippen LogP contribution is -2.36. The molecule has 1 rings (SSSR count). The molecule has 16 heavy (non-hydrogen) atoms. The van der Waals surface area contributed by atoms with Gasteiger partial charge in [-0.25, -0.2) is 0 Å². The van der Waals surface area contributed by atoms with Crippen LogP contribution in [-0.2, 0) is 4.79 Å². The van der Waals surface area contributed by atoms with Crippen molar-refractivity contribution in [2.45, 2.75) is 45.4 Å². The first-order valence-corrected chi connectivity index (χ1v) is 6.33. The Hall–Kier alpha value is -0.280. The zero-order valence-corrected chi connectivity index (χ0v) is 11.1. The van der Waals surface area contributed by atoms with Crippen LogP contribution in [0.4, 0.5) is 0 Å². The van der Waals surface area contributed by atoms with Crippen molar-refractivity contribution < 1.29 is 4.79 Å². The van der Waals surface area contributed by atoms with Gasteiger partial charge in [0.25, 0.3) is 0 Å². The minimum atomic E-state index is 0. The summed E-state index contributed by atoms with van der Waals surface area (Å²) in [7, 11) is 0. The van der Waals surface area contributed by atoms with Gasteiger partial charge in [-0.1, -0.05) is 26.2 Å². The summed E-state index contributed by atoms with van der Waals surface area (Å²) in [5, 5.41) is 6.29. The molecule has 3 nitrogen and oxygen atoms in total. The fourth-order valence-electron chi connectivity index (χ4n) is 2.08. The van der Waals surface area contributed by atoms with Crippen molar-refractivity contribution in [1.29, 1.82) is 0 Å². The van der Waals surface area contributed by atoms with E-state index in [-0.39, 0.29) is 18.3 Å². The van der Waals surface area contributed by atoms with Crippen LogP contribution in [0.15, 0.2) is 0 Å². The first kappa shape index (κ1) is 15.7. The maximum atomic E-state index is 11.7. The van der Waals surface area contributed by atoms with Gasteiger partial charge in [-0.3, -0.25) is 4.79 Å². The molecule has 0 bridgehead atoms. The summed E-state index contributed by atoms with van der Waals surface area (Å²) in [5.41, 5.74) is 0. The van der Waals surface area contributed by atoms with Gasteiger partial charge in [-0.05, 0) is 25.8 Å². The van der Waals surface area contributed by atoms with E-state index in [1.807, 2.05) is 0 Å². The van der Waals surface area contributed by atoms with Crippen LogP contribution in [0.1, 0.15) is 45.4 Å². The van der Waals surface area contributed by atoms with Crippen LogP contribution in [0.25, 0.3) is 0 Å². The van der Waals surface area contributed by atoms with Gasteiger partial charge >= 0.3 is 0 Å². The maximum absolute atomic E-state index is 11.7. The summed E-state index contributed by atoms with van der Waals surface area (Å²) in [5.74, 6) is 0.568. The van der Waals surface area contributed by atoms with Crippen LogP contribution in [0, 0.1) is 5.92 Å². The summed E-state index contributed by atoms with van der Waals surface area (Å²) in [4.78, 5) is 11.7. The Bertz CT molecular complexity index is 182. The van der Waals surface area contributed by atoms with E-state index in [1.54, 1.807) is 0 Å². The SMILES string of the molecule is CCCNCCNC(=O)C1CCCCC1.Cl. The summed E-state index contributed by atoms with van der Waals surface area (Å²) >= 11 is 0. The largest absolute Gasteiger partial charge is 0.355 e. The molecule has 96 valence electrons. The number of halogens is 1. The molecule has 0 unspecified atom stereocenters. The zero-order chi connectivity index (χ0) is 10.9. The first-order valence-electron chi connectivity index (χ1n) is 6.33. The molecule has 4 heteroatoms. The molecule has 2 N–H and O–H groups in total. The maximum Gasteiger partial charge on any atom is 0.223 e. The Morgan fingerprint density at radius 3 is 2.44 bits per heavy atom. The van der Waals surface area contributed by atoms with Crippen molar-refractivity contribution in [3.05, 3.63) is 0 Å². The minimum Gasteiger partial charge on any atom is -0.355 e. The molecule has 1 amide bonds. The molecule has 1 aliphatic rings. The van der Waals surface area contributed by atoms with Crippen LogP contribution in [0.3, 0.4) is 0 Å². The molecule has 1 saturated carbocycles. The van der Waals surface area contributed by atoms with Crippen molar-refractivity contribution in [2.75, 3.05) is 19.6 Å². The Balaban J connectivity index is 0.00000225. The first-order chi connectivity index (χ1) is 7.34. The van der Waals surface area contributed by atoms with E-state index in [1.165, 1.54) is 19.3 Å². The lowest BCUT2D eigenvalue weighted by molar-refractivity contribution is -0.125. The predicted octanol–water partition coefficient (Wildman–Crippen LogP) is 2.10. The summed E-state index contributed by atoms with van der Waals surface area (Å²) in [6, 6.07) is 0. The topological polar surface area (TPSA) is 41.1 Å². The number of hydrogen-bond donors (Lipinski definition) is 2. The molecule has 1 fully saturated rings. The molecular formula is C12H25ClN2O. The molecule has 0 aliphatic heterocycles. The van der Waals surface area contributed by atoms with E-state index in [2.05, 4.69) is 17.6 Å². The van der Waals surface area contributed by atoms with Gasteiger partial charge in [0.2, 0.25) is 5.91 Å². The third kappa shape index (κ3) is 6.33. The van der Waals surface area contributed by atoms with Crippen molar-refractivity contribution in [2.24, 2.45) is 5.92 Å². The van der Waals surface area contributed by atoms with Gasteiger partial charge in [-0.2, -0.15) is 0 Å². The molecule has 1 aliphatic carbocycles. The second-order valence-electron chi connectivity index (χ2n) is 4.38. The Labute approximate surface area is 105 Å². The van der Waals surface area contributed by atoms with Gasteiger partial charge < -0.3 is 10.6 Å². The molecule has 0 aromatic rings. The summed E-state index contributed by atoms with van der Waals surface area (Å²) < 4.78 is 0. The van der Waals surface area contributed by atoms with Crippen molar-refractivity contribution >= 4 is 18.3 Å². The number of nitrogens with one attached hydrogen (secondary N) is 2. The van der Waals surface area contributed by atoms with Crippen LogP contribution >= 0.6 is 12.4 Å². The van der Waals surface area contributed by atoms with Gasteiger partial charge in [0, 0.05) is 19.0 Å². The van der Waals surface area contributed by atoms with Gasteiger partial charge in [0.1, 0.15) is 0 Å². The van der Waals surface area contributed by atoms with Crippen LogP contribution in [-0.4, -0.2) is 25.5 Å². The third-order valence-electron chi connectivity index (χ3n) is 3.00. The Morgan fingerprint density at radius 2 is 1.81 bits per heavy atom. The monoisotopic (exact) mass is 248 g/mol. The van der Waals surface area contributed by atoms with Crippen LogP contribution in [0.2, 0.25) is 0 Å².